The molecule has 2 rings (SSSR count). The number of ether oxygens (including phenoxy) is 3. The molecule has 0 aliphatic rings. The summed E-state index contributed by atoms with van der Waals surface area (Å²) in [6, 6.07) is 12.8. The maximum atomic E-state index is 12.1. The molecule has 0 heterocycles. The molecule has 0 bridgehead atoms. The third kappa shape index (κ3) is 7.93. The first-order valence-corrected chi connectivity index (χ1v) is 9.82. The van der Waals surface area contributed by atoms with Gasteiger partial charge in [-0.15, -0.1) is 0 Å². The van der Waals surface area contributed by atoms with Crippen LogP contribution in [0.15, 0.2) is 48.5 Å². The van der Waals surface area contributed by atoms with E-state index in [0.717, 1.165) is 6.42 Å². The molecule has 2 aromatic carbocycles. The van der Waals surface area contributed by atoms with Crippen LogP contribution in [0, 0.1) is 0 Å². The minimum Gasteiger partial charge on any atom is -0.497 e. The molecule has 1 N–H and O–H groups in total. The second-order valence-electron chi connectivity index (χ2n) is 6.58. The summed E-state index contributed by atoms with van der Waals surface area (Å²) in [5, 5.41) is 2.63. The highest BCUT2D eigenvalue weighted by molar-refractivity contribution is 5.98. The largest absolute Gasteiger partial charge is 0.497 e. The van der Waals surface area contributed by atoms with Crippen molar-refractivity contribution in [2.24, 2.45) is 0 Å². The first-order valence-electron chi connectivity index (χ1n) is 9.82. The van der Waals surface area contributed by atoms with E-state index in [1.54, 1.807) is 48.5 Å². The predicted molar refractivity (Wildman–Crippen MR) is 113 cm³/mol. The van der Waals surface area contributed by atoms with Gasteiger partial charge in [0, 0.05) is 17.7 Å². The van der Waals surface area contributed by atoms with Gasteiger partial charge in [-0.25, -0.2) is 4.79 Å². The van der Waals surface area contributed by atoms with E-state index in [9.17, 15) is 19.2 Å². The van der Waals surface area contributed by atoms with Crippen LogP contribution in [0.2, 0.25) is 0 Å². The Labute approximate surface area is 180 Å². The van der Waals surface area contributed by atoms with Crippen molar-refractivity contribution >= 4 is 29.3 Å². The quantitative estimate of drug-likeness (QED) is 0.432. The number of nitrogens with one attached hydrogen (secondary N) is 1. The SMILES string of the molecule is CCCOC(=O)c1ccc(NC(=O)CCC(=O)OCC(=O)c2cccc(OC)c2)cc1. The smallest absolute Gasteiger partial charge is 0.338 e. The maximum Gasteiger partial charge on any atom is 0.338 e. The fraction of sp³-hybridized carbons (Fsp3) is 0.304. The molecular formula is C23H25NO7. The summed E-state index contributed by atoms with van der Waals surface area (Å²) in [6.07, 6.45) is 0.461. The molecule has 0 saturated carbocycles. The van der Waals surface area contributed by atoms with Crippen molar-refractivity contribution in [3.63, 3.8) is 0 Å². The number of anilines is 1. The van der Waals surface area contributed by atoms with E-state index in [-0.39, 0.29) is 18.6 Å². The van der Waals surface area contributed by atoms with E-state index in [2.05, 4.69) is 5.32 Å². The molecule has 2 aromatic rings. The summed E-state index contributed by atoms with van der Waals surface area (Å²) >= 11 is 0. The van der Waals surface area contributed by atoms with E-state index in [4.69, 9.17) is 14.2 Å². The zero-order valence-corrected chi connectivity index (χ0v) is 17.5. The summed E-state index contributed by atoms with van der Waals surface area (Å²) in [5.41, 5.74) is 1.24. The van der Waals surface area contributed by atoms with Crippen LogP contribution in [0.3, 0.4) is 0 Å². The number of ketones is 1. The van der Waals surface area contributed by atoms with Crippen molar-refractivity contribution in [3.05, 3.63) is 59.7 Å². The van der Waals surface area contributed by atoms with Crippen LogP contribution in [0.4, 0.5) is 5.69 Å². The lowest BCUT2D eigenvalue weighted by atomic mass is 10.1. The van der Waals surface area contributed by atoms with Gasteiger partial charge < -0.3 is 19.5 Å². The van der Waals surface area contributed by atoms with Crippen LogP contribution in [0.25, 0.3) is 0 Å². The standard InChI is InChI=1S/C23H25NO7/c1-3-13-30-23(28)16-7-9-18(10-8-16)24-21(26)11-12-22(27)31-15-20(25)17-5-4-6-19(14-17)29-2/h4-10,14H,3,11-13,15H2,1-2H3,(H,24,26). The molecule has 0 spiro atoms. The molecule has 0 atom stereocenters. The number of methoxy groups -OCH3 is 1. The summed E-state index contributed by atoms with van der Waals surface area (Å²) in [5.74, 6) is -1.31. The highest BCUT2D eigenvalue weighted by atomic mass is 16.5. The Morgan fingerprint density at radius 1 is 0.903 bits per heavy atom. The lowest BCUT2D eigenvalue weighted by molar-refractivity contribution is -0.143. The number of carbonyl (C=O) groups is 4. The fourth-order valence-corrected chi connectivity index (χ4v) is 2.50. The third-order valence-electron chi connectivity index (χ3n) is 4.15. The molecule has 1 amide bonds. The number of amides is 1. The van der Waals surface area contributed by atoms with Crippen LogP contribution in [0.5, 0.6) is 5.75 Å². The summed E-state index contributed by atoms with van der Waals surface area (Å²) in [7, 11) is 1.49. The van der Waals surface area contributed by atoms with Gasteiger partial charge in [-0.05, 0) is 42.8 Å². The van der Waals surface area contributed by atoms with Gasteiger partial charge in [-0.2, -0.15) is 0 Å². The minimum absolute atomic E-state index is 0.105. The molecular weight excluding hydrogens is 402 g/mol. The molecule has 0 aromatic heterocycles. The predicted octanol–water partition coefficient (Wildman–Crippen LogP) is 3.41. The van der Waals surface area contributed by atoms with Crippen molar-refractivity contribution in [1.29, 1.82) is 0 Å². The van der Waals surface area contributed by atoms with Crippen molar-refractivity contribution < 1.29 is 33.4 Å². The number of rotatable bonds is 11. The third-order valence-corrected chi connectivity index (χ3v) is 4.15. The second-order valence-corrected chi connectivity index (χ2v) is 6.58. The second kappa shape index (κ2) is 12.1. The monoisotopic (exact) mass is 427 g/mol. The normalized spacial score (nSPS) is 10.1. The Morgan fingerprint density at radius 3 is 2.32 bits per heavy atom. The summed E-state index contributed by atoms with van der Waals surface area (Å²) < 4.78 is 15.0. The zero-order chi connectivity index (χ0) is 22.6. The molecule has 0 fully saturated rings. The Hall–Kier alpha value is -3.68. The average Bonchev–Trinajstić information content (AvgIpc) is 2.80. The minimum atomic E-state index is -0.652. The number of benzene rings is 2. The van der Waals surface area contributed by atoms with E-state index in [0.29, 0.717) is 29.2 Å². The van der Waals surface area contributed by atoms with Gasteiger partial charge >= 0.3 is 11.9 Å². The lowest BCUT2D eigenvalue weighted by Gasteiger charge is -2.08. The number of Topliss-reactive ketones (excluding diaryl/α,β-unsaturated/α-hetero) is 1. The van der Waals surface area contributed by atoms with Crippen molar-refractivity contribution in [2.45, 2.75) is 26.2 Å². The first kappa shape index (κ1) is 23.6. The molecule has 164 valence electrons. The Bertz CT molecular complexity index is 922. The summed E-state index contributed by atoms with van der Waals surface area (Å²) in [6.45, 7) is 1.84. The molecule has 0 unspecified atom stereocenters. The van der Waals surface area contributed by atoms with Crippen molar-refractivity contribution in [1.82, 2.24) is 0 Å². The van der Waals surface area contributed by atoms with E-state index >= 15 is 0 Å². The van der Waals surface area contributed by atoms with Gasteiger partial charge in [0.25, 0.3) is 0 Å². The average molecular weight is 427 g/mol. The molecule has 0 aliphatic heterocycles. The van der Waals surface area contributed by atoms with Gasteiger partial charge in [0.15, 0.2) is 12.4 Å². The molecule has 8 heteroatoms. The molecule has 0 aliphatic carbocycles. The molecule has 0 saturated heterocycles. The van der Waals surface area contributed by atoms with Gasteiger partial charge in [-0.3, -0.25) is 14.4 Å². The van der Waals surface area contributed by atoms with Crippen molar-refractivity contribution in [2.75, 3.05) is 25.6 Å². The highest BCUT2D eigenvalue weighted by Gasteiger charge is 2.13. The van der Waals surface area contributed by atoms with Crippen LogP contribution in [-0.2, 0) is 19.1 Å². The van der Waals surface area contributed by atoms with Gasteiger partial charge in [-0.1, -0.05) is 19.1 Å². The zero-order valence-electron chi connectivity index (χ0n) is 17.5. The van der Waals surface area contributed by atoms with E-state index in [1.807, 2.05) is 6.92 Å². The highest BCUT2D eigenvalue weighted by Crippen LogP contribution is 2.14. The number of hydrogen-bond donors (Lipinski definition) is 1. The Kier molecular flexibility index (Phi) is 9.22. The number of hydrogen-bond acceptors (Lipinski definition) is 7. The van der Waals surface area contributed by atoms with Crippen LogP contribution >= 0.6 is 0 Å². The van der Waals surface area contributed by atoms with Crippen LogP contribution in [0.1, 0.15) is 46.9 Å². The number of carbonyl (C=O) groups excluding carboxylic acids is 4. The van der Waals surface area contributed by atoms with Crippen molar-refractivity contribution in [3.8, 4) is 5.75 Å². The molecule has 0 radical (unpaired) electrons. The first-order chi connectivity index (χ1) is 14.9. The fourth-order valence-electron chi connectivity index (χ4n) is 2.50. The Balaban J connectivity index is 1.73. The van der Waals surface area contributed by atoms with Gasteiger partial charge in [0.2, 0.25) is 5.91 Å². The Morgan fingerprint density at radius 2 is 1.65 bits per heavy atom. The molecule has 31 heavy (non-hydrogen) atoms. The topological polar surface area (TPSA) is 108 Å². The van der Waals surface area contributed by atoms with Crippen LogP contribution < -0.4 is 10.1 Å². The summed E-state index contributed by atoms with van der Waals surface area (Å²) in [4.78, 5) is 47.7. The molecule has 8 nitrogen and oxygen atoms in total. The number of esters is 2. The van der Waals surface area contributed by atoms with Gasteiger partial charge in [0.05, 0.1) is 25.7 Å². The van der Waals surface area contributed by atoms with E-state index in [1.165, 1.54) is 7.11 Å². The lowest BCUT2D eigenvalue weighted by Crippen LogP contribution is -2.17. The van der Waals surface area contributed by atoms with Gasteiger partial charge in [0.1, 0.15) is 5.75 Å². The van der Waals surface area contributed by atoms with Crippen LogP contribution in [-0.4, -0.2) is 44.0 Å². The van der Waals surface area contributed by atoms with E-state index < -0.39 is 24.5 Å². The maximum absolute atomic E-state index is 12.1.